The van der Waals surface area contributed by atoms with Crippen LogP contribution in [0.15, 0.2) is 158 Å². The highest BCUT2D eigenvalue weighted by molar-refractivity contribution is 5.84. The fourth-order valence-corrected chi connectivity index (χ4v) is 7.07. The fourth-order valence-electron chi connectivity index (χ4n) is 7.07. The lowest BCUT2D eigenvalue weighted by molar-refractivity contribution is 0.0343. The zero-order chi connectivity index (χ0) is 24.0. The maximum Gasteiger partial charge on any atom is 0.0347 e. The molecule has 0 aliphatic heterocycles. The van der Waals surface area contributed by atoms with E-state index in [1.165, 1.54) is 33.4 Å². The van der Waals surface area contributed by atoms with Gasteiger partial charge in [-0.25, -0.2) is 0 Å². The molecule has 1 fully saturated rings. The molecule has 0 saturated heterocycles. The number of allylic oxidation sites excluding steroid dienone is 8. The highest BCUT2D eigenvalue weighted by atomic mass is 14.7. The monoisotopic (exact) mass is 460 g/mol. The van der Waals surface area contributed by atoms with Gasteiger partial charge in [-0.05, 0) is 45.2 Å². The van der Waals surface area contributed by atoms with Crippen LogP contribution >= 0.6 is 0 Å². The summed E-state index contributed by atoms with van der Waals surface area (Å²) < 4.78 is 0. The molecule has 7 rings (SSSR count). The van der Waals surface area contributed by atoms with E-state index in [-0.39, 0.29) is 10.8 Å². The van der Waals surface area contributed by atoms with Gasteiger partial charge >= 0.3 is 0 Å². The molecule has 36 heavy (non-hydrogen) atoms. The Morgan fingerprint density at radius 2 is 0.722 bits per heavy atom. The molecule has 3 aliphatic rings. The zero-order valence-corrected chi connectivity index (χ0v) is 20.2. The Bertz CT molecular complexity index is 1390. The van der Waals surface area contributed by atoms with Crippen molar-refractivity contribution in [3.8, 4) is 0 Å². The summed E-state index contributed by atoms with van der Waals surface area (Å²) in [4.78, 5) is 0. The van der Waals surface area contributed by atoms with Crippen molar-refractivity contribution in [3.05, 3.63) is 180 Å². The van der Waals surface area contributed by atoms with Crippen LogP contribution in [0.25, 0.3) is 11.1 Å². The minimum atomic E-state index is -0.189. The van der Waals surface area contributed by atoms with E-state index in [1.807, 2.05) is 0 Å². The van der Waals surface area contributed by atoms with Gasteiger partial charge in [0.1, 0.15) is 0 Å². The maximum atomic E-state index is 2.59. The van der Waals surface area contributed by atoms with Crippen molar-refractivity contribution >= 4 is 11.1 Å². The zero-order valence-electron chi connectivity index (χ0n) is 20.2. The summed E-state index contributed by atoms with van der Waals surface area (Å²) in [5, 5.41) is 0. The lowest BCUT2D eigenvalue weighted by Gasteiger charge is -2.69. The SMILES string of the molecule is C1=CC2C3C=CC(c4ccccc4)=CC3(c3ccccc3)C2(c2ccccc2)C=C1c1ccccc1. The summed E-state index contributed by atoms with van der Waals surface area (Å²) in [7, 11) is 0. The van der Waals surface area contributed by atoms with Crippen molar-refractivity contribution < 1.29 is 0 Å². The quantitative estimate of drug-likeness (QED) is 0.287. The third-order valence-electron chi connectivity index (χ3n) is 8.57. The Hall–Kier alpha value is -4.16. The minimum Gasteiger partial charge on any atom is -0.0789 e. The van der Waals surface area contributed by atoms with Crippen molar-refractivity contribution in [2.45, 2.75) is 10.8 Å². The first-order chi connectivity index (χ1) is 17.8. The van der Waals surface area contributed by atoms with E-state index in [0.717, 1.165) is 0 Å². The van der Waals surface area contributed by atoms with Gasteiger partial charge in [-0.2, -0.15) is 0 Å². The third kappa shape index (κ3) is 2.88. The summed E-state index contributed by atoms with van der Waals surface area (Å²) in [5.74, 6) is 0.773. The van der Waals surface area contributed by atoms with Crippen molar-refractivity contribution in [2.75, 3.05) is 0 Å². The molecule has 0 heterocycles. The molecule has 3 aliphatic carbocycles. The standard InChI is InChI=1S/C36H28/c1-5-13-27(14-6-1)29-21-23-33-34-24-22-30(28-15-7-2-8-16-28)26-36(34,32-19-11-4-12-20-32)35(33,25-29)31-17-9-3-10-18-31/h1-26,33-34H. The highest BCUT2D eigenvalue weighted by Gasteiger charge is 2.70. The van der Waals surface area contributed by atoms with E-state index >= 15 is 0 Å². The van der Waals surface area contributed by atoms with Gasteiger partial charge in [0.05, 0.1) is 0 Å². The van der Waals surface area contributed by atoms with Crippen LogP contribution in [0.3, 0.4) is 0 Å². The molecule has 0 amide bonds. The predicted octanol–water partition coefficient (Wildman–Crippen LogP) is 8.42. The number of fused-ring (bicyclic) bond motifs is 4. The molecule has 4 atom stereocenters. The lowest BCUT2D eigenvalue weighted by atomic mass is 9.32. The molecule has 0 aromatic heterocycles. The van der Waals surface area contributed by atoms with Crippen molar-refractivity contribution in [1.82, 2.24) is 0 Å². The molecule has 0 radical (unpaired) electrons. The Kier molecular flexibility index (Phi) is 4.82. The second-order valence-corrected chi connectivity index (χ2v) is 10.2. The smallest absolute Gasteiger partial charge is 0.0347 e. The first-order valence-corrected chi connectivity index (χ1v) is 12.9. The van der Waals surface area contributed by atoms with E-state index in [9.17, 15) is 0 Å². The fraction of sp³-hybridized carbons (Fsp3) is 0.111. The normalized spacial score (nSPS) is 27.8. The van der Waals surface area contributed by atoms with Crippen LogP contribution in [0.2, 0.25) is 0 Å². The lowest BCUT2D eigenvalue weighted by Crippen LogP contribution is -2.69. The van der Waals surface area contributed by atoms with Crippen LogP contribution in [-0.4, -0.2) is 0 Å². The van der Waals surface area contributed by atoms with Crippen LogP contribution in [0, 0.1) is 11.8 Å². The number of hydrogen-bond donors (Lipinski definition) is 0. The van der Waals surface area contributed by atoms with Crippen molar-refractivity contribution in [3.63, 3.8) is 0 Å². The second kappa shape index (κ2) is 8.21. The first-order valence-electron chi connectivity index (χ1n) is 12.9. The molecule has 0 heteroatoms. The van der Waals surface area contributed by atoms with E-state index in [2.05, 4.69) is 158 Å². The van der Waals surface area contributed by atoms with Gasteiger partial charge in [0.25, 0.3) is 0 Å². The average Bonchev–Trinajstić information content (AvgIpc) is 2.97. The number of benzene rings is 4. The van der Waals surface area contributed by atoms with Gasteiger partial charge in [-0.15, -0.1) is 0 Å². The van der Waals surface area contributed by atoms with E-state index < -0.39 is 0 Å². The van der Waals surface area contributed by atoms with Gasteiger partial charge in [-0.1, -0.05) is 158 Å². The molecule has 0 N–H and O–H groups in total. The van der Waals surface area contributed by atoms with E-state index in [1.54, 1.807) is 0 Å². The second-order valence-electron chi connectivity index (χ2n) is 10.2. The summed E-state index contributed by atoms with van der Waals surface area (Å²) in [6.45, 7) is 0. The van der Waals surface area contributed by atoms with Gasteiger partial charge in [0.2, 0.25) is 0 Å². The Morgan fingerprint density at radius 3 is 1.08 bits per heavy atom. The summed E-state index contributed by atoms with van der Waals surface area (Å²) in [6.07, 6.45) is 14.8. The van der Waals surface area contributed by atoms with Crippen molar-refractivity contribution in [1.29, 1.82) is 0 Å². The van der Waals surface area contributed by atoms with Crippen LogP contribution in [0.4, 0.5) is 0 Å². The topological polar surface area (TPSA) is 0 Å². The van der Waals surface area contributed by atoms with Crippen LogP contribution in [0.1, 0.15) is 22.3 Å². The molecule has 4 aromatic rings. The maximum absolute atomic E-state index is 2.59. The molecule has 1 saturated carbocycles. The van der Waals surface area contributed by atoms with Crippen LogP contribution in [-0.2, 0) is 10.8 Å². The summed E-state index contributed by atoms with van der Waals surface area (Å²) in [6, 6.07) is 44.0. The molecule has 0 bridgehead atoms. The third-order valence-corrected chi connectivity index (χ3v) is 8.57. The van der Waals surface area contributed by atoms with E-state index in [0.29, 0.717) is 11.8 Å². The number of rotatable bonds is 4. The first kappa shape index (κ1) is 21.1. The summed E-state index contributed by atoms with van der Waals surface area (Å²) >= 11 is 0. The van der Waals surface area contributed by atoms with Gasteiger partial charge in [0, 0.05) is 10.8 Å². The largest absolute Gasteiger partial charge is 0.0789 e. The molecule has 0 spiro atoms. The predicted molar refractivity (Wildman–Crippen MR) is 150 cm³/mol. The Morgan fingerprint density at radius 1 is 0.389 bits per heavy atom. The molecular weight excluding hydrogens is 432 g/mol. The summed E-state index contributed by atoms with van der Waals surface area (Å²) in [5.41, 5.74) is 7.53. The Balaban J connectivity index is 1.54. The highest BCUT2D eigenvalue weighted by Crippen LogP contribution is 2.71. The van der Waals surface area contributed by atoms with E-state index in [4.69, 9.17) is 0 Å². The minimum absolute atomic E-state index is 0.189. The average molecular weight is 461 g/mol. The van der Waals surface area contributed by atoms with Crippen molar-refractivity contribution in [2.24, 2.45) is 11.8 Å². The van der Waals surface area contributed by atoms with Gasteiger partial charge in [0.15, 0.2) is 0 Å². The Labute approximate surface area is 213 Å². The molecule has 4 aromatic carbocycles. The molecular formula is C36H28. The molecule has 0 nitrogen and oxygen atoms in total. The van der Waals surface area contributed by atoms with Gasteiger partial charge in [-0.3, -0.25) is 0 Å². The van der Waals surface area contributed by atoms with Gasteiger partial charge < -0.3 is 0 Å². The molecule has 4 unspecified atom stereocenters. The van der Waals surface area contributed by atoms with Crippen LogP contribution in [0.5, 0.6) is 0 Å². The molecule has 172 valence electrons. The number of hydrogen-bond acceptors (Lipinski definition) is 0. The van der Waals surface area contributed by atoms with Crippen LogP contribution < -0.4 is 0 Å².